The van der Waals surface area contributed by atoms with Crippen molar-refractivity contribution in [2.45, 2.75) is 18.7 Å². The number of nitrogens with zero attached hydrogens (tertiary/aromatic N) is 5. The first-order chi connectivity index (χ1) is 21.2. The van der Waals surface area contributed by atoms with Crippen LogP contribution in [0.4, 0.5) is 17.3 Å². The summed E-state index contributed by atoms with van der Waals surface area (Å²) >= 11 is 0. The summed E-state index contributed by atoms with van der Waals surface area (Å²) in [5.41, 5.74) is 4.61. The van der Waals surface area contributed by atoms with E-state index in [1.165, 1.54) is 12.1 Å². The molecule has 0 aliphatic carbocycles. The number of benzene rings is 3. The van der Waals surface area contributed by atoms with Gasteiger partial charge in [0.1, 0.15) is 0 Å². The molecule has 2 aromatic heterocycles. The molecular formula is C32H33N7O4S. The first kappa shape index (κ1) is 29.4. The van der Waals surface area contributed by atoms with Gasteiger partial charge in [0, 0.05) is 60.6 Å². The number of fused-ring (bicyclic) bond motifs is 2. The van der Waals surface area contributed by atoms with Crippen LogP contribution in [0.2, 0.25) is 0 Å². The van der Waals surface area contributed by atoms with Crippen molar-refractivity contribution in [1.82, 2.24) is 24.8 Å². The third kappa shape index (κ3) is 6.05. The minimum atomic E-state index is -3.91. The van der Waals surface area contributed by atoms with Crippen molar-refractivity contribution in [2.75, 3.05) is 49.4 Å². The van der Waals surface area contributed by atoms with Gasteiger partial charge in [-0.25, -0.2) is 28.1 Å². The second kappa shape index (κ2) is 12.2. The molecule has 0 atom stereocenters. The Bertz CT molecular complexity index is 1940. The van der Waals surface area contributed by atoms with Crippen molar-refractivity contribution >= 4 is 55.1 Å². The topological polar surface area (TPSA) is 141 Å². The van der Waals surface area contributed by atoms with Gasteiger partial charge in [-0.05, 0) is 56.3 Å². The van der Waals surface area contributed by atoms with Gasteiger partial charge in [-0.2, -0.15) is 0 Å². The molecule has 0 bridgehead atoms. The average molecular weight is 612 g/mol. The predicted octanol–water partition coefficient (Wildman–Crippen LogP) is 4.09. The fourth-order valence-corrected chi connectivity index (χ4v) is 6.46. The molecule has 3 heterocycles. The maximum absolute atomic E-state index is 13.7. The third-order valence-electron chi connectivity index (χ3n) is 7.66. The smallest absolute Gasteiger partial charge is 0.264 e. The molecule has 44 heavy (non-hydrogen) atoms. The third-order valence-corrected chi connectivity index (χ3v) is 9.00. The number of para-hydroxylation sites is 2. The number of pyridine rings is 1. The highest BCUT2D eigenvalue weighted by atomic mass is 32.2. The number of carbonyl (C=O) groups excluding carboxylic acids is 1. The van der Waals surface area contributed by atoms with E-state index in [-0.39, 0.29) is 23.4 Å². The monoisotopic (exact) mass is 611 g/mol. The normalized spacial score (nSPS) is 14.2. The largest absolute Gasteiger partial charge is 0.395 e. The number of anilines is 3. The van der Waals surface area contributed by atoms with Gasteiger partial charge in [0.2, 0.25) is 5.95 Å². The van der Waals surface area contributed by atoms with Gasteiger partial charge < -0.3 is 15.3 Å². The summed E-state index contributed by atoms with van der Waals surface area (Å²) in [6.07, 6.45) is 0. The number of hydrogen-bond donors (Lipinski definition) is 3. The summed E-state index contributed by atoms with van der Waals surface area (Å²) in [7, 11) is -3.91. The summed E-state index contributed by atoms with van der Waals surface area (Å²) < 4.78 is 28.6. The molecule has 1 aliphatic heterocycles. The molecule has 226 valence electrons. The van der Waals surface area contributed by atoms with E-state index in [0.717, 1.165) is 22.0 Å². The van der Waals surface area contributed by atoms with Crippen LogP contribution in [-0.2, 0) is 10.0 Å². The van der Waals surface area contributed by atoms with Gasteiger partial charge in [0.05, 0.1) is 33.8 Å². The summed E-state index contributed by atoms with van der Waals surface area (Å²) in [5.74, 6) is -0.0559. The number of hydrogen-bond acceptors (Lipinski definition) is 9. The first-order valence-corrected chi connectivity index (χ1v) is 15.9. The van der Waals surface area contributed by atoms with Crippen molar-refractivity contribution < 1.29 is 18.3 Å². The number of rotatable bonds is 8. The Morgan fingerprint density at radius 1 is 0.864 bits per heavy atom. The molecule has 0 unspecified atom stereocenters. The van der Waals surface area contributed by atoms with Crippen LogP contribution in [0.5, 0.6) is 0 Å². The first-order valence-electron chi connectivity index (χ1n) is 14.4. The molecule has 1 amide bonds. The fraction of sp³-hybridized carbons (Fsp3) is 0.250. The number of aliphatic hydroxyl groups excluding tert-OH is 1. The van der Waals surface area contributed by atoms with E-state index < -0.39 is 10.0 Å². The number of aromatic nitrogens is 3. The lowest BCUT2D eigenvalue weighted by atomic mass is 10.0. The van der Waals surface area contributed by atoms with Gasteiger partial charge in [-0.15, -0.1) is 0 Å². The van der Waals surface area contributed by atoms with Gasteiger partial charge >= 0.3 is 0 Å². The van der Waals surface area contributed by atoms with Crippen LogP contribution < -0.4 is 10.0 Å². The highest BCUT2D eigenvalue weighted by Crippen LogP contribution is 2.35. The van der Waals surface area contributed by atoms with Crippen LogP contribution in [0.25, 0.3) is 21.8 Å². The van der Waals surface area contributed by atoms with Crippen LogP contribution in [0.15, 0.2) is 77.7 Å². The van der Waals surface area contributed by atoms with E-state index in [1.54, 1.807) is 32.0 Å². The standard InChI is InChI=1S/C32H33N7O4S/c1-21-20-22(2)34-32(33-21)37-44(42,43)24-12-10-23(11-13-24)35-29-25-6-3-4-9-28(25)36-30-26(29)7-5-8-27(30)31(41)39-16-14-38(15-17-39)18-19-40/h3-13,20,40H,14-19H2,1-2H3,(H,35,36)(H,33,34,37). The lowest BCUT2D eigenvalue weighted by Gasteiger charge is -2.34. The minimum Gasteiger partial charge on any atom is -0.395 e. The number of aliphatic hydroxyl groups is 1. The average Bonchev–Trinajstić information content (AvgIpc) is 3.00. The highest BCUT2D eigenvalue weighted by molar-refractivity contribution is 7.92. The number of carbonyl (C=O) groups is 1. The van der Waals surface area contributed by atoms with Crippen LogP contribution in [0.3, 0.4) is 0 Å². The van der Waals surface area contributed by atoms with E-state index in [1.807, 2.05) is 47.4 Å². The van der Waals surface area contributed by atoms with Crippen molar-refractivity contribution in [2.24, 2.45) is 0 Å². The number of aryl methyl sites for hydroxylation is 2. The van der Waals surface area contributed by atoms with E-state index in [0.29, 0.717) is 60.9 Å². The van der Waals surface area contributed by atoms with Crippen molar-refractivity contribution in [3.05, 3.63) is 89.7 Å². The van der Waals surface area contributed by atoms with E-state index in [4.69, 9.17) is 4.98 Å². The number of nitrogens with one attached hydrogen (secondary N) is 2. The number of piperazine rings is 1. The molecule has 1 saturated heterocycles. The molecule has 5 aromatic rings. The van der Waals surface area contributed by atoms with Crippen LogP contribution in [0.1, 0.15) is 21.7 Å². The molecule has 6 rings (SSSR count). The Morgan fingerprint density at radius 3 is 2.25 bits per heavy atom. The summed E-state index contributed by atoms with van der Waals surface area (Å²) in [6.45, 7) is 6.82. The van der Waals surface area contributed by atoms with Gasteiger partial charge in [0.15, 0.2) is 0 Å². The molecule has 11 nitrogen and oxygen atoms in total. The predicted molar refractivity (Wildman–Crippen MR) is 171 cm³/mol. The molecule has 3 aromatic carbocycles. The van der Waals surface area contributed by atoms with Gasteiger partial charge in [-0.3, -0.25) is 9.69 Å². The Morgan fingerprint density at radius 2 is 1.55 bits per heavy atom. The number of β-amino-alcohol motifs (C(OH)–C–C–N with tert-alkyl or cyclic N) is 1. The van der Waals surface area contributed by atoms with Crippen molar-refractivity contribution in [1.29, 1.82) is 0 Å². The molecule has 3 N–H and O–H groups in total. The zero-order valence-electron chi connectivity index (χ0n) is 24.5. The highest BCUT2D eigenvalue weighted by Gasteiger charge is 2.25. The molecule has 0 radical (unpaired) electrons. The fourth-order valence-electron chi connectivity index (χ4n) is 5.52. The summed E-state index contributed by atoms with van der Waals surface area (Å²) in [5, 5.41) is 14.4. The van der Waals surface area contributed by atoms with Gasteiger partial charge in [-0.1, -0.05) is 30.3 Å². The second-order valence-corrected chi connectivity index (χ2v) is 12.5. The molecule has 0 spiro atoms. The molecule has 1 fully saturated rings. The maximum Gasteiger partial charge on any atom is 0.264 e. The van der Waals surface area contributed by atoms with E-state index in [2.05, 4.69) is 24.9 Å². The van der Waals surface area contributed by atoms with Crippen LogP contribution in [0, 0.1) is 13.8 Å². The lowest BCUT2D eigenvalue weighted by molar-refractivity contribution is 0.0616. The second-order valence-electron chi connectivity index (χ2n) is 10.8. The van der Waals surface area contributed by atoms with Crippen LogP contribution >= 0.6 is 0 Å². The molecule has 1 aliphatic rings. The van der Waals surface area contributed by atoms with Crippen molar-refractivity contribution in [3.8, 4) is 0 Å². The molecule has 12 heteroatoms. The Balaban J connectivity index is 1.31. The molecule has 0 saturated carbocycles. The quantitative estimate of drug-likeness (QED) is 0.221. The van der Waals surface area contributed by atoms with Gasteiger partial charge in [0.25, 0.3) is 15.9 Å². The van der Waals surface area contributed by atoms with Crippen molar-refractivity contribution in [3.63, 3.8) is 0 Å². The SMILES string of the molecule is Cc1cc(C)nc(NS(=O)(=O)c2ccc(Nc3c4ccccc4nc4c(C(=O)N5CCN(CCO)CC5)cccc34)cc2)n1. The van der Waals surface area contributed by atoms with E-state index in [9.17, 15) is 18.3 Å². The Hall–Kier alpha value is -4.65. The summed E-state index contributed by atoms with van der Waals surface area (Å²) in [6, 6.07) is 21.5. The zero-order valence-corrected chi connectivity index (χ0v) is 25.3. The zero-order chi connectivity index (χ0) is 30.8. The van der Waals surface area contributed by atoms with Crippen LogP contribution in [-0.4, -0.2) is 83.5 Å². The number of amides is 1. The summed E-state index contributed by atoms with van der Waals surface area (Å²) in [4.78, 5) is 31.0. The Kier molecular flexibility index (Phi) is 8.13. The Labute approximate surface area is 255 Å². The number of sulfonamides is 1. The maximum atomic E-state index is 13.7. The lowest BCUT2D eigenvalue weighted by Crippen LogP contribution is -2.49. The minimum absolute atomic E-state index is 0.0248. The van der Waals surface area contributed by atoms with E-state index >= 15 is 0 Å². The molecular weight excluding hydrogens is 578 g/mol.